The van der Waals surface area contributed by atoms with E-state index in [4.69, 9.17) is 0 Å². The van der Waals surface area contributed by atoms with Crippen LogP contribution in [-0.2, 0) is 13.0 Å². The molecule has 2 aromatic carbocycles. The first-order valence-corrected chi connectivity index (χ1v) is 9.12. The zero-order chi connectivity index (χ0) is 17.8. The second-order valence-corrected chi connectivity index (χ2v) is 6.64. The predicted molar refractivity (Wildman–Crippen MR) is 98.8 cm³/mol. The zero-order valence-electron chi connectivity index (χ0n) is 14.7. The number of rotatable bonds is 6. The van der Waals surface area contributed by atoms with Crippen molar-refractivity contribution in [2.75, 3.05) is 13.2 Å². The molecule has 0 aliphatic heterocycles. The third kappa shape index (κ3) is 3.38. The quantitative estimate of drug-likeness (QED) is 0.741. The minimum atomic E-state index is 0.117. The summed E-state index contributed by atoms with van der Waals surface area (Å²) in [4.78, 5) is 2.29. The van der Waals surface area contributed by atoms with Crippen LogP contribution in [0.4, 0.5) is 0 Å². The van der Waals surface area contributed by atoms with Crippen LogP contribution in [0, 0.1) is 0 Å². The summed E-state index contributed by atoms with van der Waals surface area (Å²) >= 11 is 0. The minimum Gasteiger partial charge on any atom is -0.395 e. The Hall–Kier alpha value is -2.57. The fourth-order valence-electron chi connectivity index (χ4n) is 3.84. The van der Waals surface area contributed by atoms with Gasteiger partial charge >= 0.3 is 0 Å². The summed E-state index contributed by atoms with van der Waals surface area (Å²) in [5, 5.41) is 21.9. The molecule has 6 heteroatoms. The number of aliphatic hydroxyl groups is 1. The van der Waals surface area contributed by atoms with Crippen molar-refractivity contribution in [3.8, 4) is 5.69 Å². The smallest absolute Gasteiger partial charge is 0.170 e. The van der Waals surface area contributed by atoms with E-state index >= 15 is 0 Å². The maximum Gasteiger partial charge on any atom is 0.170 e. The minimum absolute atomic E-state index is 0.117. The van der Waals surface area contributed by atoms with Gasteiger partial charge in [-0.3, -0.25) is 4.90 Å². The molecule has 1 heterocycles. The highest BCUT2D eigenvalue weighted by Crippen LogP contribution is 2.34. The summed E-state index contributed by atoms with van der Waals surface area (Å²) in [5.74, 6) is 0.785. The lowest BCUT2D eigenvalue weighted by Crippen LogP contribution is -2.34. The van der Waals surface area contributed by atoms with Gasteiger partial charge in [-0.05, 0) is 52.9 Å². The molecule has 0 bridgehead atoms. The van der Waals surface area contributed by atoms with Crippen LogP contribution in [-0.4, -0.2) is 43.4 Å². The number of hydrogen-bond donors (Lipinski definition) is 1. The number of para-hydroxylation sites is 1. The summed E-state index contributed by atoms with van der Waals surface area (Å²) in [7, 11) is 0. The third-order valence-electron chi connectivity index (χ3n) is 5.05. The number of nitrogens with zero attached hydrogens (tertiary/aromatic N) is 5. The Labute approximate surface area is 153 Å². The number of tetrazole rings is 1. The molecule has 1 aliphatic carbocycles. The molecule has 1 unspecified atom stereocenters. The Morgan fingerprint density at radius 1 is 1.08 bits per heavy atom. The summed E-state index contributed by atoms with van der Waals surface area (Å²) in [6.45, 7) is 1.31. The maximum atomic E-state index is 9.63. The SMILES string of the molecule is OCCN(Cc1nnnn1-c1ccccc1)C1CCCc2ccccc21. The molecule has 3 aromatic rings. The van der Waals surface area contributed by atoms with Crippen molar-refractivity contribution in [2.45, 2.75) is 31.8 Å². The molecule has 0 amide bonds. The third-order valence-corrected chi connectivity index (χ3v) is 5.05. The van der Waals surface area contributed by atoms with E-state index in [9.17, 15) is 5.11 Å². The van der Waals surface area contributed by atoms with Gasteiger partial charge in [-0.15, -0.1) is 5.10 Å². The number of benzene rings is 2. The zero-order valence-corrected chi connectivity index (χ0v) is 14.7. The molecule has 0 spiro atoms. The van der Waals surface area contributed by atoms with Gasteiger partial charge in [0.1, 0.15) is 0 Å². The fourth-order valence-corrected chi connectivity index (χ4v) is 3.84. The first-order chi connectivity index (χ1) is 12.9. The average molecular weight is 349 g/mol. The lowest BCUT2D eigenvalue weighted by molar-refractivity contribution is 0.127. The van der Waals surface area contributed by atoms with E-state index in [0.717, 1.165) is 30.8 Å². The molecule has 0 saturated carbocycles. The molecule has 1 atom stereocenters. The van der Waals surface area contributed by atoms with Gasteiger partial charge < -0.3 is 5.11 Å². The van der Waals surface area contributed by atoms with Gasteiger partial charge in [-0.2, -0.15) is 4.68 Å². The van der Waals surface area contributed by atoms with Crippen molar-refractivity contribution < 1.29 is 5.11 Å². The van der Waals surface area contributed by atoms with E-state index in [-0.39, 0.29) is 12.6 Å². The standard InChI is InChI=1S/C20H23N5O/c26-14-13-24(19-12-6-8-16-7-4-5-11-18(16)19)15-20-21-22-23-25(20)17-9-2-1-3-10-17/h1-5,7,9-11,19,26H,6,8,12-15H2. The molecule has 0 fully saturated rings. The molecule has 26 heavy (non-hydrogen) atoms. The molecular formula is C20H23N5O. The Morgan fingerprint density at radius 2 is 1.88 bits per heavy atom. The molecule has 1 aliphatic rings. The average Bonchev–Trinajstić information content (AvgIpc) is 3.16. The highest BCUT2D eigenvalue weighted by Gasteiger charge is 2.27. The van der Waals surface area contributed by atoms with Crippen molar-refractivity contribution in [3.63, 3.8) is 0 Å². The van der Waals surface area contributed by atoms with E-state index in [1.807, 2.05) is 30.3 Å². The molecule has 134 valence electrons. The van der Waals surface area contributed by atoms with Crippen LogP contribution in [0.5, 0.6) is 0 Å². The van der Waals surface area contributed by atoms with Gasteiger partial charge in [0.05, 0.1) is 18.8 Å². The molecular weight excluding hydrogens is 326 g/mol. The van der Waals surface area contributed by atoms with Gasteiger partial charge in [0, 0.05) is 12.6 Å². The summed E-state index contributed by atoms with van der Waals surface area (Å²) in [6, 6.07) is 18.8. The Bertz CT molecular complexity index is 848. The number of fused-ring (bicyclic) bond motifs is 1. The molecule has 1 aromatic heterocycles. The molecule has 0 saturated heterocycles. The van der Waals surface area contributed by atoms with Gasteiger partial charge in [0.25, 0.3) is 0 Å². The van der Waals surface area contributed by atoms with Gasteiger partial charge in [-0.1, -0.05) is 42.5 Å². The number of hydrogen-bond acceptors (Lipinski definition) is 5. The Kier molecular flexibility index (Phi) is 5.04. The van der Waals surface area contributed by atoms with Crippen LogP contribution in [0.1, 0.15) is 35.8 Å². The highest BCUT2D eigenvalue weighted by atomic mass is 16.3. The van der Waals surface area contributed by atoms with Crippen molar-refractivity contribution in [3.05, 3.63) is 71.5 Å². The summed E-state index contributed by atoms with van der Waals surface area (Å²) < 4.78 is 1.78. The molecule has 1 N–H and O–H groups in total. The fraction of sp³-hybridized carbons (Fsp3) is 0.350. The van der Waals surface area contributed by atoms with Crippen LogP contribution in [0.3, 0.4) is 0 Å². The van der Waals surface area contributed by atoms with E-state index < -0.39 is 0 Å². The molecule has 4 rings (SSSR count). The topological polar surface area (TPSA) is 67.1 Å². The van der Waals surface area contributed by atoms with Crippen LogP contribution in [0.15, 0.2) is 54.6 Å². The van der Waals surface area contributed by atoms with E-state index in [2.05, 4.69) is 44.7 Å². The van der Waals surface area contributed by atoms with Gasteiger partial charge in [-0.25, -0.2) is 0 Å². The normalized spacial score (nSPS) is 16.6. The first kappa shape index (κ1) is 16.9. The van der Waals surface area contributed by atoms with Crippen LogP contribution in [0.25, 0.3) is 5.69 Å². The van der Waals surface area contributed by atoms with Crippen molar-refractivity contribution in [2.24, 2.45) is 0 Å². The monoisotopic (exact) mass is 349 g/mol. The number of aryl methyl sites for hydroxylation is 1. The highest BCUT2D eigenvalue weighted by molar-refractivity contribution is 5.33. The predicted octanol–water partition coefficient (Wildman–Crippen LogP) is 2.53. The lowest BCUT2D eigenvalue weighted by Gasteiger charge is -2.35. The lowest BCUT2D eigenvalue weighted by atomic mass is 9.87. The van der Waals surface area contributed by atoms with E-state index in [1.54, 1.807) is 4.68 Å². The van der Waals surface area contributed by atoms with E-state index in [0.29, 0.717) is 13.1 Å². The van der Waals surface area contributed by atoms with Crippen LogP contribution < -0.4 is 0 Å². The van der Waals surface area contributed by atoms with Gasteiger partial charge in [0.15, 0.2) is 5.82 Å². The van der Waals surface area contributed by atoms with Gasteiger partial charge in [0.2, 0.25) is 0 Å². The summed E-state index contributed by atoms with van der Waals surface area (Å²) in [5.41, 5.74) is 3.72. The molecule has 6 nitrogen and oxygen atoms in total. The maximum absolute atomic E-state index is 9.63. The van der Waals surface area contributed by atoms with Crippen LogP contribution >= 0.6 is 0 Å². The number of aromatic nitrogens is 4. The Morgan fingerprint density at radius 3 is 2.73 bits per heavy atom. The first-order valence-electron chi connectivity index (χ1n) is 9.12. The summed E-state index contributed by atoms with van der Waals surface area (Å²) in [6.07, 6.45) is 3.37. The van der Waals surface area contributed by atoms with Crippen molar-refractivity contribution >= 4 is 0 Å². The number of aliphatic hydroxyl groups excluding tert-OH is 1. The van der Waals surface area contributed by atoms with Crippen LogP contribution in [0.2, 0.25) is 0 Å². The second kappa shape index (κ2) is 7.76. The van der Waals surface area contributed by atoms with E-state index in [1.165, 1.54) is 11.1 Å². The second-order valence-electron chi connectivity index (χ2n) is 6.64. The van der Waals surface area contributed by atoms with Crippen molar-refractivity contribution in [1.29, 1.82) is 0 Å². The molecule has 0 radical (unpaired) electrons. The largest absolute Gasteiger partial charge is 0.395 e. The van der Waals surface area contributed by atoms with Crippen molar-refractivity contribution in [1.82, 2.24) is 25.1 Å². The Balaban J connectivity index is 1.63.